The van der Waals surface area contributed by atoms with Gasteiger partial charge in [0.05, 0.1) is 17.4 Å². The summed E-state index contributed by atoms with van der Waals surface area (Å²) in [7, 11) is 0. The minimum atomic E-state index is -1.04. The van der Waals surface area contributed by atoms with Gasteiger partial charge >= 0.3 is 5.97 Å². The van der Waals surface area contributed by atoms with E-state index in [2.05, 4.69) is 15.1 Å². The Hall–Kier alpha value is -3.54. The predicted octanol–water partition coefficient (Wildman–Crippen LogP) is 3.18. The first-order chi connectivity index (χ1) is 11.7. The highest BCUT2D eigenvalue weighted by Crippen LogP contribution is 2.25. The molecule has 116 valence electrons. The van der Waals surface area contributed by atoms with Crippen molar-refractivity contribution < 1.29 is 9.90 Å². The molecule has 0 spiro atoms. The molecule has 0 saturated carbocycles. The number of fused-ring (bicyclic) bond motifs is 1. The fourth-order valence-corrected chi connectivity index (χ4v) is 2.55. The third-order valence-corrected chi connectivity index (χ3v) is 3.73. The lowest BCUT2D eigenvalue weighted by atomic mass is 10.0. The van der Waals surface area contributed by atoms with Crippen molar-refractivity contribution in [2.75, 3.05) is 0 Å². The molecule has 4 aromatic rings. The molecule has 0 aliphatic rings. The maximum atomic E-state index is 11.1. The summed E-state index contributed by atoms with van der Waals surface area (Å²) in [5.74, 6) is -1.04. The molecule has 0 bridgehead atoms. The van der Waals surface area contributed by atoms with Crippen LogP contribution in [0.4, 0.5) is 0 Å². The number of aromatic nitrogens is 4. The first kappa shape index (κ1) is 14.1. The van der Waals surface area contributed by atoms with Crippen molar-refractivity contribution >= 4 is 16.9 Å². The summed E-state index contributed by atoms with van der Waals surface area (Å²) in [6, 6.07) is 13.0. The van der Waals surface area contributed by atoms with E-state index in [9.17, 15) is 4.79 Å². The molecule has 0 fully saturated rings. The lowest BCUT2D eigenvalue weighted by molar-refractivity contribution is 0.0690. The molecule has 1 N–H and O–H groups in total. The van der Waals surface area contributed by atoms with E-state index in [1.54, 1.807) is 29.2 Å². The molecular weight excluding hydrogens is 304 g/mol. The Morgan fingerprint density at radius 1 is 1.04 bits per heavy atom. The van der Waals surface area contributed by atoms with E-state index in [4.69, 9.17) is 5.11 Å². The number of aromatic carboxylic acids is 1. The molecule has 0 aliphatic carbocycles. The first-order valence-electron chi connectivity index (χ1n) is 7.30. The van der Waals surface area contributed by atoms with Crippen LogP contribution in [-0.2, 0) is 0 Å². The van der Waals surface area contributed by atoms with Gasteiger partial charge in [0, 0.05) is 24.0 Å². The monoisotopic (exact) mass is 316 g/mol. The second kappa shape index (κ2) is 5.58. The van der Waals surface area contributed by atoms with Crippen LogP contribution in [0.25, 0.3) is 27.7 Å². The van der Waals surface area contributed by atoms with Crippen molar-refractivity contribution in [1.82, 2.24) is 19.7 Å². The van der Waals surface area contributed by atoms with E-state index in [1.165, 1.54) is 6.20 Å². The average Bonchev–Trinajstić information content (AvgIpc) is 3.06. The van der Waals surface area contributed by atoms with E-state index < -0.39 is 5.97 Å². The van der Waals surface area contributed by atoms with Crippen LogP contribution >= 0.6 is 0 Å². The van der Waals surface area contributed by atoms with Gasteiger partial charge in [-0.25, -0.2) is 14.5 Å². The summed E-state index contributed by atoms with van der Waals surface area (Å²) in [5.41, 5.74) is 3.48. The number of hydrogen-bond donors (Lipinski definition) is 1. The van der Waals surface area contributed by atoms with Crippen LogP contribution < -0.4 is 0 Å². The number of hydrogen-bond acceptors (Lipinski definition) is 4. The van der Waals surface area contributed by atoms with Crippen LogP contribution in [-0.4, -0.2) is 30.8 Å². The Morgan fingerprint density at radius 2 is 1.92 bits per heavy atom. The lowest BCUT2D eigenvalue weighted by Gasteiger charge is -2.02. The van der Waals surface area contributed by atoms with Gasteiger partial charge in [-0.05, 0) is 47.5 Å². The first-order valence-corrected chi connectivity index (χ1v) is 7.30. The number of rotatable bonds is 3. The number of pyridine rings is 2. The van der Waals surface area contributed by atoms with Gasteiger partial charge in [0.25, 0.3) is 0 Å². The van der Waals surface area contributed by atoms with Crippen molar-refractivity contribution in [3.05, 3.63) is 72.9 Å². The van der Waals surface area contributed by atoms with Crippen LogP contribution in [0.15, 0.2) is 67.3 Å². The van der Waals surface area contributed by atoms with Gasteiger partial charge in [-0.1, -0.05) is 6.07 Å². The number of carboxylic acids is 1. The molecule has 3 aromatic heterocycles. The largest absolute Gasteiger partial charge is 0.477 e. The summed E-state index contributed by atoms with van der Waals surface area (Å²) in [4.78, 5) is 19.0. The third kappa shape index (κ3) is 2.50. The highest BCUT2D eigenvalue weighted by Gasteiger charge is 2.08. The molecule has 3 heterocycles. The Labute approximate surface area is 137 Å². The summed E-state index contributed by atoms with van der Waals surface area (Å²) in [5, 5.41) is 14.6. The molecule has 4 rings (SSSR count). The van der Waals surface area contributed by atoms with E-state index in [-0.39, 0.29) is 5.69 Å². The standard InChI is InChI=1S/C18H12N4O2/c23-18(24)17-9-13(5-7-20-17)12-3-4-16-14(8-12)11-22(21-16)15-2-1-6-19-10-15/h1-11H,(H,23,24). The number of benzene rings is 1. The maximum Gasteiger partial charge on any atom is 0.354 e. The van der Waals surface area contributed by atoms with Crippen LogP contribution in [0.2, 0.25) is 0 Å². The molecule has 6 heteroatoms. The zero-order valence-corrected chi connectivity index (χ0v) is 12.5. The van der Waals surface area contributed by atoms with Crippen molar-refractivity contribution in [1.29, 1.82) is 0 Å². The zero-order valence-electron chi connectivity index (χ0n) is 12.5. The zero-order chi connectivity index (χ0) is 16.5. The fourth-order valence-electron chi connectivity index (χ4n) is 2.55. The Kier molecular flexibility index (Phi) is 3.28. The third-order valence-electron chi connectivity index (χ3n) is 3.73. The number of carbonyl (C=O) groups is 1. The van der Waals surface area contributed by atoms with Gasteiger partial charge < -0.3 is 5.11 Å². The van der Waals surface area contributed by atoms with Gasteiger partial charge in [0.15, 0.2) is 0 Å². The van der Waals surface area contributed by atoms with E-state index in [1.807, 2.05) is 36.5 Å². The predicted molar refractivity (Wildman–Crippen MR) is 89.1 cm³/mol. The van der Waals surface area contributed by atoms with Gasteiger partial charge in [0.2, 0.25) is 0 Å². The molecule has 0 aliphatic heterocycles. The summed E-state index contributed by atoms with van der Waals surface area (Å²) in [6.07, 6.45) is 6.89. The van der Waals surface area contributed by atoms with Crippen LogP contribution in [0, 0.1) is 0 Å². The van der Waals surface area contributed by atoms with Crippen molar-refractivity contribution in [2.24, 2.45) is 0 Å². The molecule has 0 saturated heterocycles. The van der Waals surface area contributed by atoms with Crippen molar-refractivity contribution in [3.63, 3.8) is 0 Å². The molecule has 1 aromatic carbocycles. The van der Waals surface area contributed by atoms with E-state index in [0.717, 1.165) is 27.7 Å². The van der Waals surface area contributed by atoms with Gasteiger partial charge in [-0.2, -0.15) is 5.10 Å². The van der Waals surface area contributed by atoms with Crippen molar-refractivity contribution in [3.8, 4) is 16.8 Å². The highest BCUT2D eigenvalue weighted by molar-refractivity contribution is 5.89. The molecule has 6 nitrogen and oxygen atoms in total. The second-order valence-electron chi connectivity index (χ2n) is 5.29. The van der Waals surface area contributed by atoms with E-state index >= 15 is 0 Å². The molecule has 0 radical (unpaired) electrons. The van der Waals surface area contributed by atoms with E-state index in [0.29, 0.717) is 0 Å². The number of carboxylic acid groups (broad SMARTS) is 1. The SMILES string of the molecule is O=C(O)c1cc(-c2ccc3nn(-c4cccnc4)cc3c2)ccn1. The van der Waals surface area contributed by atoms with Crippen LogP contribution in [0.1, 0.15) is 10.5 Å². The molecular formula is C18H12N4O2. The Balaban J connectivity index is 1.79. The van der Waals surface area contributed by atoms with Gasteiger partial charge in [0.1, 0.15) is 5.69 Å². The fraction of sp³-hybridized carbons (Fsp3) is 0. The lowest BCUT2D eigenvalue weighted by Crippen LogP contribution is -1.99. The summed E-state index contributed by atoms with van der Waals surface area (Å²) < 4.78 is 1.77. The van der Waals surface area contributed by atoms with Crippen LogP contribution in [0.3, 0.4) is 0 Å². The molecule has 0 unspecified atom stereocenters. The minimum Gasteiger partial charge on any atom is -0.477 e. The normalized spacial score (nSPS) is 10.8. The van der Waals surface area contributed by atoms with Crippen LogP contribution in [0.5, 0.6) is 0 Å². The Morgan fingerprint density at radius 3 is 2.71 bits per heavy atom. The van der Waals surface area contributed by atoms with Gasteiger partial charge in [-0.3, -0.25) is 4.98 Å². The summed E-state index contributed by atoms with van der Waals surface area (Å²) >= 11 is 0. The summed E-state index contributed by atoms with van der Waals surface area (Å²) in [6.45, 7) is 0. The molecule has 0 amide bonds. The topological polar surface area (TPSA) is 80.9 Å². The van der Waals surface area contributed by atoms with Gasteiger partial charge in [-0.15, -0.1) is 0 Å². The minimum absolute atomic E-state index is 0.0265. The average molecular weight is 316 g/mol. The Bertz CT molecular complexity index is 1040. The van der Waals surface area contributed by atoms with Crippen molar-refractivity contribution in [2.45, 2.75) is 0 Å². The second-order valence-corrected chi connectivity index (χ2v) is 5.29. The molecule has 0 atom stereocenters. The highest BCUT2D eigenvalue weighted by atomic mass is 16.4. The maximum absolute atomic E-state index is 11.1. The quantitative estimate of drug-likeness (QED) is 0.628. The molecule has 24 heavy (non-hydrogen) atoms. The number of nitrogens with zero attached hydrogens (tertiary/aromatic N) is 4. The smallest absolute Gasteiger partial charge is 0.354 e.